The summed E-state index contributed by atoms with van der Waals surface area (Å²) in [5.74, 6) is -5.32. The van der Waals surface area contributed by atoms with E-state index in [4.69, 9.17) is 5.26 Å². The van der Waals surface area contributed by atoms with Crippen molar-refractivity contribution in [2.75, 3.05) is 0 Å². The molecule has 1 atom stereocenters. The molecule has 0 saturated carbocycles. The molecule has 0 fully saturated rings. The Kier molecular flexibility index (Phi) is 4.72. The molecule has 6 heteroatoms. The predicted molar refractivity (Wildman–Crippen MR) is 58.1 cm³/mol. The highest BCUT2D eigenvalue weighted by atomic mass is 19.2. The van der Waals surface area contributed by atoms with Crippen molar-refractivity contribution >= 4 is 5.91 Å². The Balaban J connectivity index is 2.88. The van der Waals surface area contributed by atoms with Gasteiger partial charge in [0, 0.05) is 5.56 Å². The summed E-state index contributed by atoms with van der Waals surface area (Å²) in [6.45, 7) is 1.83. The molecule has 1 amide bonds. The van der Waals surface area contributed by atoms with E-state index in [1.165, 1.54) is 0 Å². The zero-order valence-electron chi connectivity index (χ0n) is 9.64. The molecule has 1 unspecified atom stereocenters. The van der Waals surface area contributed by atoms with Crippen LogP contribution in [-0.2, 0) is 0 Å². The minimum absolute atomic E-state index is 0.359. The fourth-order valence-corrected chi connectivity index (χ4v) is 1.39. The molecule has 0 heterocycles. The Bertz CT molecular complexity index is 474. The lowest BCUT2D eigenvalue weighted by Gasteiger charge is -2.10. The Morgan fingerprint density at radius 1 is 1.39 bits per heavy atom. The topological polar surface area (TPSA) is 52.9 Å². The smallest absolute Gasteiger partial charge is 0.252 e. The van der Waals surface area contributed by atoms with Gasteiger partial charge in [-0.15, -0.1) is 0 Å². The van der Waals surface area contributed by atoms with Crippen LogP contribution in [0.15, 0.2) is 12.1 Å². The third-order valence-corrected chi connectivity index (χ3v) is 2.28. The van der Waals surface area contributed by atoms with Crippen LogP contribution in [0, 0.1) is 28.8 Å². The normalized spacial score (nSPS) is 11.7. The molecule has 0 spiro atoms. The molecule has 0 radical (unpaired) electrons. The lowest BCUT2D eigenvalue weighted by atomic mass is 10.1. The molecular weight excluding hydrogens is 245 g/mol. The number of rotatable bonds is 4. The Labute approximate surface area is 102 Å². The van der Waals surface area contributed by atoms with Gasteiger partial charge in [-0.1, -0.05) is 13.3 Å². The van der Waals surface area contributed by atoms with Crippen LogP contribution in [0.1, 0.15) is 30.1 Å². The Hall–Kier alpha value is -2.03. The number of hydrogen-bond donors (Lipinski definition) is 1. The molecule has 1 N–H and O–H groups in total. The summed E-state index contributed by atoms with van der Waals surface area (Å²) < 4.78 is 38.5. The van der Waals surface area contributed by atoms with Gasteiger partial charge in [0.25, 0.3) is 5.91 Å². The molecule has 0 aliphatic rings. The molecule has 0 saturated heterocycles. The number of carbonyl (C=O) groups is 1. The molecule has 0 bridgehead atoms. The molecule has 18 heavy (non-hydrogen) atoms. The third-order valence-electron chi connectivity index (χ3n) is 2.28. The van der Waals surface area contributed by atoms with Crippen LogP contribution < -0.4 is 5.32 Å². The van der Waals surface area contributed by atoms with Crippen LogP contribution in [0.3, 0.4) is 0 Å². The van der Waals surface area contributed by atoms with Crippen molar-refractivity contribution in [3.8, 4) is 6.07 Å². The quantitative estimate of drug-likeness (QED) is 0.841. The van der Waals surface area contributed by atoms with Crippen LogP contribution in [0.25, 0.3) is 0 Å². The van der Waals surface area contributed by atoms with Crippen LogP contribution in [0.2, 0.25) is 0 Å². The van der Waals surface area contributed by atoms with Gasteiger partial charge in [-0.3, -0.25) is 4.79 Å². The summed E-state index contributed by atoms with van der Waals surface area (Å²) in [6, 6.07) is 2.30. The van der Waals surface area contributed by atoms with Gasteiger partial charge in [0.2, 0.25) is 0 Å². The highest BCUT2D eigenvalue weighted by molar-refractivity contribution is 5.94. The molecule has 0 aromatic heterocycles. The van der Waals surface area contributed by atoms with Gasteiger partial charge in [0.1, 0.15) is 6.04 Å². The first-order valence-corrected chi connectivity index (χ1v) is 5.34. The van der Waals surface area contributed by atoms with Gasteiger partial charge in [0.05, 0.1) is 6.07 Å². The number of benzene rings is 1. The zero-order chi connectivity index (χ0) is 13.7. The third kappa shape index (κ3) is 3.23. The average Bonchev–Trinajstić information content (AvgIpc) is 2.34. The first-order valence-electron chi connectivity index (χ1n) is 5.34. The van der Waals surface area contributed by atoms with E-state index in [0.717, 1.165) is 0 Å². The minimum Gasteiger partial charge on any atom is -0.336 e. The number of nitrogens with one attached hydrogen (secondary N) is 1. The zero-order valence-corrected chi connectivity index (χ0v) is 9.64. The van der Waals surface area contributed by atoms with E-state index in [-0.39, 0.29) is 5.56 Å². The summed E-state index contributed by atoms with van der Waals surface area (Å²) in [6.07, 6.45) is 1.10. The second-order valence-corrected chi connectivity index (χ2v) is 3.70. The van der Waals surface area contributed by atoms with Crippen molar-refractivity contribution in [3.63, 3.8) is 0 Å². The number of carbonyl (C=O) groups excluding carboxylic acids is 1. The van der Waals surface area contributed by atoms with Crippen molar-refractivity contribution < 1.29 is 18.0 Å². The highest BCUT2D eigenvalue weighted by Crippen LogP contribution is 2.13. The minimum atomic E-state index is -1.63. The molecule has 1 aromatic carbocycles. The molecule has 1 aromatic rings. The Morgan fingerprint density at radius 2 is 1.94 bits per heavy atom. The number of hydrogen-bond acceptors (Lipinski definition) is 2. The van der Waals surface area contributed by atoms with E-state index in [1.807, 2.05) is 13.0 Å². The summed E-state index contributed by atoms with van der Waals surface area (Å²) in [4.78, 5) is 11.6. The van der Waals surface area contributed by atoms with Crippen molar-refractivity contribution in [1.29, 1.82) is 5.26 Å². The maximum absolute atomic E-state index is 12.9. The predicted octanol–water partition coefficient (Wildman–Crippen LogP) is 2.53. The molecule has 0 aliphatic heterocycles. The summed E-state index contributed by atoms with van der Waals surface area (Å²) in [5, 5.41) is 11.0. The fourth-order valence-electron chi connectivity index (χ4n) is 1.39. The van der Waals surface area contributed by atoms with E-state index >= 15 is 0 Å². The van der Waals surface area contributed by atoms with Crippen molar-refractivity contribution in [2.24, 2.45) is 0 Å². The number of nitriles is 1. The van der Waals surface area contributed by atoms with Crippen LogP contribution >= 0.6 is 0 Å². The van der Waals surface area contributed by atoms with E-state index < -0.39 is 29.4 Å². The van der Waals surface area contributed by atoms with Crippen LogP contribution in [-0.4, -0.2) is 11.9 Å². The molecule has 3 nitrogen and oxygen atoms in total. The number of halogens is 3. The van der Waals surface area contributed by atoms with Crippen molar-refractivity contribution in [1.82, 2.24) is 5.32 Å². The van der Waals surface area contributed by atoms with Gasteiger partial charge < -0.3 is 5.32 Å². The lowest BCUT2D eigenvalue weighted by Crippen LogP contribution is -2.33. The van der Waals surface area contributed by atoms with Gasteiger partial charge in [-0.25, -0.2) is 13.2 Å². The maximum atomic E-state index is 12.9. The van der Waals surface area contributed by atoms with Gasteiger partial charge >= 0.3 is 0 Å². The van der Waals surface area contributed by atoms with E-state index in [2.05, 4.69) is 5.32 Å². The van der Waals surface area contributed by atoms with E-state index in [1.54, 1.807) is 0 Å². The summed E-state index contributed by atoms with van der Waals surface area (Å²) >= 11 is 0. The maximum Gasteiger partial charge on any atom is 0.252 e. The first kappa shape index (κ1) is 14.0. The first-order chi connectivity index (χ1) is 8.49. The van der Waals surface area contributed by atoms with E-state index in [0.29, 0.717) is 25.0 Å². The molecular formula is C12H11F3N2O. The SMILES string of the molecule is CCCC(C#N)NC(=O)c1cc(F)c(F)c(F)c1. The van der Waals surface area contributed by atoms with Crippen molar-refractivity contribution in [2.45, 2.75) is 25.8 Å². The molecule has 1 rings (SSSR count). The van der Waals surface area contributed by atoms with Crippen LogP contribution in [0.5, 0.6) is 0 Å². The van der Waals surface area contributed by atoms with E-state index in [9.17, 15) is 18.0 Å². The second-order valence-electron chi connectivity index (χ2n) is 3.70. The second kappa shape index (κ2) is 6.05. The van der Waals surface area contributed by atoms with Gasteiger partial charge in [0.15, 0.2) is 17.5 Å². The molecule has 96 valence electrons. The highest BCUT2D eigenvalue weighted by Gasteiger charge is 2.17. The number of amides is 1. The largest absolute Gasteiger partial charge is 0.336 e. The summed E-state index contributed by atoms with van der Waals surface area (Å²) in [7, 11) is 0. The van der Waals surface area contributed by atoms with Crippen LogP contribution in [0.4, 0.5) is 13.2 Å². The monoisotopic (exact) mass is 256 g/mol. The molecule has 0 aliphatic carbocycles. The fraction of sp³-hybridized carbons (Fsp3) is 0.333. The summed E-state index contributed by atoms with van der Waals surface area (Å²) in [5.41, 5.74) is -0.359. The van der Waals surface area contributed by atoms with Gasteiger partial charge in [-0.05, 0) is 18.6 Å². The average molecular weight is 256 g/mol. The van der Waals surface area contributed by atoms with Gasteiger partial charge in [-0.2, -0.15) is 5.26 Å². The standard InChI is InChI=1S/C12H11F3N2O/c1-2-3-8(6-16)17-12(18)7-4-9(13)11(15)10(14)5-7/h4-5,8H,2-3H2,1H3,(H,17,18). The van der Waals surface area contributed by atoms with Crippen molar-refractivity contribution in [3.05, 3.63) is 35.1 Å². The Morgan fingerprint density at radius 3 is 2.39 bits per heavy atom. The lowest BCUT2D eigenvalue weighted by molar-refractivity contribution is 0.0942. The number of nitrogens with zero attached hydrogens (tertiary/aromatic N) is 1.